The van der Waals surface area contributed by atoms with Crippen LogP contribution in [0.3, 0.4) is 0 Å². The maximum atomic E-state index is 13.8. The molecule has 5 heteroatoms. The molecule has 1 N–H and O–H groups in total. The Morgan fingerprint density at radius 2 is 1.80 bits per heavy atom. The monoisotopic (exact) mass is 278 g/mol. The maximum Gasteiger partial charge on any atom is 0.310 e. The van der Waals surface area contributed by atoms with Gasteiger partial charge in [-0.1, -0.05) is 6.07 Å². The van der Waals surface area contributed by atoms with Gasteiger partial charge in [0.1, 0.15) is 11.6 Å². The number of carboxylic acid groups (broad SMARTS) is 1. The van der Waals surface area contributed by atoms with Gasteiger partial charge < -0.3 is 9.84 Å². The summed E-state index contributed by atoms with van der Waals surface area (Å²) in [5.74, 6) is -2.66. The van der Waals surface area contributed by atoms with E-state index in [9.17, 15) is 13.6 Å². The van der Waals surface area contributed by atoms with Crippen LogP contribution in [-0.4, -0.2) is 11.1 Å². The predicted molar refractivity (Wildman–Crippen MR) is 68.9 cm³/mol. The fourth-order valence-electron chi connectivity index (χ4n) is 1.64. The number of carbonyl (C=O) groups is 1. The molecule has 2 aromatic rings. The standard InChI is InChI=1S/C15H12F2O3/c1-9(15(18)19)10-2-7-14(13(17)8-10)20-12-5-3-11(16)4-6-12/h2-9H,1H3,(H,18,19). The summed E-state index contributed by atoms with van der Waals surface area (Å²) in [5.41, 5.74) is 0.349. The van der Waals surface area contributed by atoms with Crippen molar-refractivity contribution in [1.29, 1.82) is 0 Å². The molecular formula is C15H12F2O3. The van der Waals surface area contributed by atoms with Crippen molar-refractivity contribution in [2.45, 2.75) is 12.8 Å². The van der Waals surface area contributed by atoms with Gasteiger partial charge in [-0.05, 0) is 48.9 Å². The van der Waals surface area contributed by atoms with Gasteiger partial charge in [-0.3, -0.25) is 4.79 Å². The highest BCUT2D eigenvalue weighted by molar-refractivity contribution is 5.75. The summed E-state index contributed by atoms with van der Waals surface area (Å²) in [5, 5.41) is 8.87. The van der Waals surface area contributed by atoms with Gasteiger partial charge in [-0.2, -0.15) is 0 Å². The fourth-order valence-corrected chi connectivity index (χ4v) is 1.64. The molecular weight excluding hydrogens is 266 g/mol. The van der Waals surface area contributed by atoms with Crippen LogP contribution in [0.5, 0.6) is 11.5 Å². The number of rotatable bonds is 4. The molecule has 3 nitrogen and oxygen atoms in total. The van der Waals surface area contributed by atoms with Gasteiger partial charge in [0.15, 0.2) is 11.6 Å². The number of carboxylic acids is 1. The van der Waals surface area contributed by atoms with Crippen LogP contribution in [0, 0.1) is 11.6 Å². The first-order chi connectivity index (χ1) is 9.47. The molecule has 2 aromatic carbocycles. The molecule has 0 spiro atoms. The summed E-state index contributed by atoms with van der Waals surface area (Å²) in [6, 6.07) is 9.12. The molecule has 0 aromatic heterocycles. The molecule has 104 valence electrons. The Morgan fingerprint density at radius 1 is 1.15 bits per heavy atom. The number of benzene rings is 2. The highest BCUT2D eigenvalue weighted by atomic mass is 19.1. The zero-order valence-corrected chi connectivity index (χ0v) is 10.6. The minimum atomic E-state index is -1.03. The van der Waals surface area contributed by atoms with Crippen LogP contribution in [-0.2, 0) is 4.79 Å². The van der Waals surface area contributed by atoms with Crippen LogP contribution in [0.4, 0.5) is 8.78 Å². The van der Waals surface area contributed by atoms with Gasteiger partial charge >= 0.3 is 5.97 Å². The molecule has 0 aliphatic carbocycles. The third kappa shape index (κ3) is 3.12. The first-order valence-corrected chi connectivity index (χ1v) is 5.93. The van der Waals surface area contributed by atoms with Crippen LogP contribution in [0.1, 0.15) is 18.4 Å². The Bertz CT molecular complexity index is 624. The molecule has 0 radical (unpaired) electrons. The van der Waals surface area contributed by atoms with Crippen molar-refractivity contribution in [3.63, 3.8) is 0 Å². The minimum absolute atomic E-state index is 0.0436. The lowest BCUT2D eigenvalue weighted by atomic mass is 10.0. The lowest BCUT2D eigenvalue weighted by Crippen LogP contribution is -2.07. The molecule has 1 unspecified atom stereocenters. The van der Waals surface area contributed by atoms with E-state index >= 15 is 0 Å². The topological polar surface area (TPSA) is 46.5 Å². The van der Waals surface area contributed by atoms with Crippen LogP contribution >= 0.6 is 0 Å². The van der Waals surface area contributed by atoms with Gasteiger partial charge in [0.25, 0.3) is 0 Å². The predicted octanol–water partition coefficient (Wildman–Crippen LogP) is 3.95. The lowest BCUT2D eigenvalue weighted by Gasteiger charge is -2.10. The average Bonchev–Trinajstić information content (AvgIpc) is 2.42. The Balaban J connectivity index is 2.21. The molecule has 0 saturated heterocycles. The van der Waals surface area contributed by atoms with Crippen LogP contribution in [0.15, 0.2) is 42.5 Å². The Labute approximate surface area is 114 Å². The molecule has 0 heterocycles. The zero-order chi connectivity index (χ0) is 14.7. The average molecular weight is 278 g/mol. The summed E-state index contributed by atoms with van der Waals surface area (Å²) < 4.78 is 31.9. The third-order valence-electron chi connectivity index (χ3n) is 2.87. The molecule has 0 aliphatic rings. The largest absolute Gasteiger partial charge is 0.481 e. The highest BCUT2D eigenvalue weighted by Gasteiger charge is 2.16. The third-order valence-corrected chi connectivity index (χ3v) is 2.87. The minimum Gasteiger partial charge on any atom is -0.481 e. The van der Waals surface area contributed by atoms with E-state index in [1.807, 2.05) is 0 Å². The first kappa shape index (κ1) is 14.0. The van der Waals surface area contributed by atoms with E-state index in [1.54, 1.807) is 0 Å². The van der Waals surface area contributed by atoms with Crippen molar-refractivity contribution in [1.82, 2.24) is 0 Å². The van der Waals surface area contributed by atoms with Crippen molar-refractivity contribution in [2.24, 2.45) is 0 Å². The van der Waals surface area contributed by atoms with E-state index in [1.165, 1.54) is 43.3 Å². The quantitative estimate of drug-likeness (QED) is 0.921. The second-order valence-corrected chi connectivity index (χ2v) is 4.31. The number of halogens is 2. The SMILES string of the molecule is CC(C(=O)O)c1ccc(Oc2ccc(F)cc2)c(F)c1. The summed E-state index contributed by atoms with van der Waals surface area (Å²) >= 11 is 0. The van der Waals surface area contributed by atoms with Crippen LogP contribution in [0.2, 0.25) is 0 Å². The van der Waals surface area contributed by atoms with E-state index < -0.39 is 23.5 Å². The molecule has 0 bridgehead atoms. The Hall–Kier alpha value is -2.43. The van der Waals surface area contributed by atoms with Crippen molar-refractivity contribution < 1.29 is 23.4 Å². The highest BCUT2D eigenvalue weighted by Crippen LogP contribution is 2.27. The van der Waals surface area contributed by atoms with Gasteiger partial charge in [0.2, 0.25) is 0 Å². The molecule has 2 rings (SSSR count). The summed E-state index contributed by atoms with van der Waals surface area (Å²) in [4.78, 5) is 10.8. The van der Waals surface area contributed by atoms with E-state index in [2.05, 4.69) is 0 Å². The van der Waals surface area contributed by atoms with Gasteiger partial charge in [0, 0.05) is 0 Å². The van der Waals surface area contributed by atoms with Crippen molar-refractivity contribution in [3.05, 3.63) is 59.7 Å². The van der Waals surface area contributed by atoms with Gasteiger partial charge in [0.05, 0.1) is 5.92 Å². The van der Waals surface area contributed by atoms with Crippen LogP contribution in [0.25, 0.3) is 0 Å². The maximum absolute atomic E-state index is 13.8. The van der Waals surface area contributed by atoms with Crippen molar-refractivity contribution in [2.75, 3.05) is 0 Å². The second kappa shape index (κ2) is 5.69. The van der Waals surface area contributed by atoms with Crippen LogP contribution < -0.4 is 4.74 Å². The summed E-state index contributed by atoms with van der Waals surface area (Å²) in [6.07, 6.45) is 0. The Morgan fingerprint density at radius 3 is 2.35 bits per heavy atom. The molecule has 0 aliphatic heterocycles. The number of hydrogen-bond acceptors (Lipinski definition) is 2. The number of ether oxygens (including phenoxy) is 1. The molecule has 20 heavy (non-hydrogen) atoms. The number of aliphatic carboxylic acids is 1. The Kier molecular flexibility index (Phi) is 3.98. The molecule has 1 atom stereocenters. The van der Waals surface area contributed by atoms with Crippen molar-refractivity contribution >= 4 is 5.97 Å². The van der Waals surface area contributed by atoms with Gasteiger partial charge in [-0.25, -0.2) is 8.78 Å². The lowest BCUT2D eigenvalue weighted by molar-refractivity contribution is -0.138. The zero-order valence-electron chi connectivity index (χ0n) is 10.6. The number of hydrogen-bond donors (Lipinski definition) is 1. The summed E-state index contributed by atoms with van der Waals surface area (Å²) in [6.45, 7) is 1.47. The van der Waals surface area contributed by atoms with E-state index in [4.69, 9.17) is 9.84 Å². The molecule has 0 fully saturated rings. The summed E-state index contributed by atoms with van der Waals surface area (Å²) in [7, 11) is 0. The second-order valence-electron chi connectivity index (χ2n) is 4.31. The fraction of sp³-hybridized carbons (Fsp3) is 0.133. The van der Waals surface area contributed by atoms with Gasteiger partial charge in [-0.15, -0.1) is 0 Å². The molecule has 0 saturated carbocycles. The van der Waals surface area contributed by atoms with Crippen molar-refractivity contribution in [3.8, 4) is 11.5 Å². The van der Waals surface area contributed by atoms with E-state index in [0.29, 0.717) is 11.3 Å². The smallest absolute Gasteiger partial charge is 0.310 e. The normalized spacial score (nSPS) is 11.9. The first-order valence-electron chi connectivity index (χ1n) is 5.93. The van der Waals surface area contributed by atoms with E-state index in [0.717, 1.165) is 6.07 Å². The molecule has 0 amide bonds. The van der Waals surface area contributed by atoms with E-state index in [-0.39, 0.29) is 5.75 Å².